The van der Waals surface area contributed by atoms with Gasteiger partial charge in [0, 0.05) is 13.1 Å². The Labute approximate surface area is 123 Å². The predicted molar refractivity (Wildman–Crippen MR) is 82.4 cm³/mol. The Morgan fingerprint density at radius 1 is 1.05 bits per heavy atom. The van der Waals surface area contributed by atoms with Gasteiger partial charge in [0.25, 0.3) is 0 Å². The van der Waals surface area contributed by atoms with E-state index in [1.54, 1.807) is 17.4 Å². The van der Waals surface area contributed by atoms with Crippen LogP contribution in [0.4, 0.5) is 0 Å². The van der Waals surface area contributed by atoms with Crippen LogP contribution < -0.4 is 0 Å². The van der Waals surface area contributed by atoms with E-state index in [1.165, 1.54) is 12.8 Å². The molecule has 0 atom stereocenters. The maximum Gasteiger partial charge on any atom is 0.243 e. The Hall–Kier alpha value is -0.870. The molecule has 20 heavy (non-hydrogen) atoms. The number of sulfonamides is 1. The fraction of sp³-hybridized carbons (Fsp3) is 0.625. The maximum absolute atomic E-state index is 12.8. The molecule has 0 aliphatic heterocycles. The Kier molecular flexibility index (Phi) is 4.86. The first-order valence-electron chi connectivity index (χ1n) is 7.48. The molecule has 3 nitrogen and oxygen atoms in total. The van der Waals surface area contributed by atoms with Crippen LogP contribution >= 0.6 is 0 Å². The number of hydrogen-bond donors (Lipinski definition) is 0. The van der Waals surface area contributed by atoms with Crippen molar-refractivity contribution in [2.24, 2.45) is 0 Å². The Bertz CT molecular complexity index is 558. The van der Waals surface area contributed by atoms with Gasteiger partial charge in [-0.3, -0.25) is 0 Å². The second-order valence-corrected chi connectivity index (χ2v) is 7.90. The maximum atomic E-state index is 12.8. The smallest absolute Gasteiger partial charge is 0.207 e. The zero-order valence-corrected chi connectivity index (χ0v) is 13.5. The van der Waals surface area contributed by atoms with Crippen molar-refractivity contribution in [1.29, 1.82) is 0 Å². The lowest BCUT2D eigenvalue weighted by Gasteiger charge is -2.27. The average molecular weight is 295 g/mol. The van der Waals surface area contributed by atoms with Crippen molar-refractivity contribution in [3.63, 3.8) is 0 Å². The van der Waals surface area contributed by atoms with E-state index in [2.05, 4.69) is 0 Å². The van der Waals surface area contributed by atoms with Gasteiger partial charge in [0.2, 0.25) is 10.0 Å². The minimum atomic E-state index is -3.37. The highest BCUT2D eigenvalue weighted by atomic mass is 32.2. The molecule has 112 valence electrons. The summed E-state index contributed by atoms with van der Waals surface area (Å²) in [5.74, 6) is 0. The lowest BCUT2D eigenvalue weighted by atomic mass is 10.1. The van der Waals surface area contributed by atoms with E-state index in [4.69, 9.17) is 0 Å². The lowest BCUT2D eigenvalue weighted by Crippen LogP contribution is -2.37. The summed E-state index contributed by atoms with van der Waals surface area (Å²) in [5.41, 5.74) is 1.93. The van der Waals surface area contributed by atoms with Crippen molar-refractivity contribution in [2.45, 2.75) is 63.3 Å². The van der Waals surface area contributed by atoms with Crippen molar-refractivity contribution in [3.8, 4) is 0 Å². The van der Waals surface area contributed by atoms with Crippen LogP contribution in [0.25, 0.3) is 0 Å². The second kappa shape index (κ2) is 6.27. The van der Waals surface area contributed by atoms with Gasteiger partial charge in [0.05, 0.1) is 4.90 Å². The second-order valence-electron chi connectivity index (χ2n) is 5.94. The molecule has 1 aromatic carbocycles. The minimum absolute atomic E-state index is 0.156. The van der Waals surface area contributed by atoms with Crippen LogP contribution in [0.5, 0.6) is 0 Å². The van der Waals surface area contributed by atoms with E-state index in [0.29, 0.717) is 4.90 Å². The van der Waals surface area contributed by atoms with E-state index in [9.17, 15) is 8.42 Å². The topological polar surface area (TPSA) is 37.4 Å². The minimum Gasteiger partial charge on any atom is -0.207 e. The van der Waals surface area contributed by atoms with E-state index in [-0.39, 0.29) is 6.04 Å². The molecule has 2 rings (SSSR count). The fourth-order valence-corrected chi connectivity index (χ4v) is 4.68. The van der Waals surface area contributed by atoms with E-state index in [1.807, 2.05) is 26.0 Å². The summed E-state index contributed by atoms with van der Waals surface area (Å²) < 4.78 is 27.2. The van der Waals surface area contributed by atoms with Gasteiger partial charge < -0.3 is 0 Å². The van der Waals surface area contributed by atoms with Crippen molar-refractivity contribution in [1.82, 2.24) is 4.31 Å². The first kappa shape index (κ1) is 15.5. The first-order valence-corrected chi connectivity index (χ1v) is 8.92. The van der Waals surface area contributed by atoms with Crippen LogP contribution in [0.15, 0.2) is 23.1 Å². The summed E-state index contributed by atoms with van der Waals surface area (Å²) in [6, 6.07) is 5.71. The molecule has 0 spiro atoms. The van der Waals surface area contributed by atoms with E-state index in [0.717, 1.165) is 36.8 Å². The summed E-state index contributed by atoms with van der Waals surface area (Å²) in [4.78, 5) is 0.454. The molecule has 1 aromatic rings. The Morgan fingerprint density at radius 3 is 2.20 bits per heavy atom. The normalized spacial score (nSPS) is 18.2. The third-order valence-electron chi connectivity index (χ3n) is 4.33. The van der Waals surface area contributed by atoms with Gasteiger partial charge in [-0.1, -0.05) is 43.4 Å². The summed E-state index contributed by atoms with van der Waals surface area (Å²) in [6.45, 7) is 3.86. The quantitative estimate of drug-likeness (QED) is 0.798. The van der Waals surface area contributed by atoms with Crippen LogP contribution in [-0.4, -0.2) is 25.8 Å². The van der Waals surface area contributed by atoms with E-state index >= 15 is 0 Å². The van der Waals surface area contributed by atoms with E-state index < -0.39 is 10.0 Å². The van der Waals surface area contributed by atoms with Gasteiger partial charge in [-0.15, -0.1) is 0 Å². The van der Waals surface area contributed by atoms with Gasteiger partial charge in [-0.25, -0.2) is 8.42 Å². The summed E-state index contributed by atoms with van der Waals surface area (Å²) in [6.07, 6.45) is 6.71. The van der Waals surface area contributed by atoms with Crippen molar-refractivity contribution in [2.75, 3.05) is 7.05 Å². The zero-order chi connectivity index (χ0) is 14.8. The van der Waals surface area contributed by atoms with Crippen molar-refractivity contribution in [3.05, 3.63) is 29.3 Å². The molecule has 1 fully saturated rings. The van der Waals surface area contributed by atoms with Gasteiger partial charge in [0.1, 0.15) is 0 Å². The average Bonchev–Trinajstić information content (AvgIpc) is 2.66. The Morgan fingerprint density at radius 2 is 1.65 bits per heavy atom. The molecule has 4 heteroatoms. The molecule has 0 saturated heterocycles. The number of rotatable bonds is 3. The van der Waals surface area contributed by atoms with Crippen LogP contribution in [0, 0.1) is 13.8 Å². The van der Waals surface area contributed by atoms with Gasteiger partial charge in [-0.2, -0.15) is 4.31 Å². The third kappa shape index (κ3) is 3.23. The molecule has 1 saturated carbocycles. The largest absolute Gasteiger partial charge is 0.243 e. The number of hydrogen-bond acceptors (Lipinski definition) is 2. The number of benzene rings is 1. The Balaban J connectivity index is 2.28. The standard InChI is InChI=1S/C16H25NO2S/c1-13-10-11-16(14(2)12-13)20(18,19)17(3)15-8-6-4-5-7-9-15/h10-12,15H,4-9H2,1-3H3. The molecule has 0 amide bonds. The third-order valence-corrected chi connectivity index (χ3v) is 6.40. The van der Waals surface area contributed by atoms with Crippen LogP contribution in [-0.2, 0) is 10.0 Å². The molecule has 1 aliphatic carbocycles. The predicted octanol–water partition coefficient (Wildman–Crippen LogP) is 3.65. The lowest BCUT2D eigenvalue weighted by molar-refractivity contribution is 0.335. The molecule has 0 heterocycles. The highest BCUT2D eigenvalue weighted by molar-refractivity contribution is 7.89. The molecule has 1 aliphatic rings. The van der Waals surface area contributed by atoms with Crippen molar-refractivity contribution < 1.29 is 8.42 Å². The highest BCUT2D eigenvalue weighted by Crippen LogP contribution is 2.27. The summed E-state index contributed by atoms with van der Waals surface area (Å²) >= 11 is 0. The monoisotopic (exact) mass is 295 g/mol. The molecule has 0 bridgehead atoms. The molecular weight excluding hydrogens is 270 g/mol. The van der Waals surface area contributed by atoms with Gasteiger partial charge in [0.15, 0.2) is 0 Å². The summed E-state index contributed by atoms with van der Waals surface area (Å²) in [7, 11) is -1.63. The molecule has 0 radical (unpaired) electrons. The SMILES string of the molecule is Cc1ccc(S(=O)(=O)N(C)C2CCCCCC2)c(C)c1. The number of nitrogens with zero attached hydrogens (tertiary/aromatic N) is 1. The molecular formula is C16H25NO2S. The van der Waals surface area contributed by atoms with Crippen molar-refractivity contribution >= 4 is 10.0 Å². The fourth-order valence-electron chi connectivity index (χ4n) is 3.06. The zero-order valence-electron chi connectivity index (χ0n) is 12.7. The molecule has 0 unspecified atom stereocenters. The van der Waals surface area contributed by atoms with Gasteiger partial charge >= 0.3 is 0 Å². The van der Waals surface area contributed by atoms with Crippen LogP contribution in [0.2, 0.25) is 0 Å². The highest BCUT2D eigenvalue weighted by Gasteiger charge is 2.29. The summed E-state index contributed by atoms with van der Waals surface area (Å²) in [5, 5.41) is 0. The van der Waals surface area contributed by atoms with Gasteiger partial charge in [-0.05, 0) is 38.3 Å². The molecule has 0 N–H and O–H groups in total. The van der Waals surface area contributed by atoms with Crippen LogP contribution in [0.1, 0.15) is 49.7 Å². The molecule has 0 aromatic heterocycles. The van der Waals surface area contributed by atoms with Crippen LogP contribution in [0.3, 0.4) is 0 Å². The number of aryl methyl sites for hydroxylation is 2. The first-order chi connectivity index (χ1) is 9.43.